The average Bonchev–Trinajstić information content (AvgIpc) is 2.33. The van der Waals surface area contributed by atoms with Gasteiger partial charge in [0.05, 0.1) is 12.8 Å². The van der Waals surface area contributed by atoms with Gasteiger partial charge in [-0.15, -0.1) is 0 Å². The SMILES string of the molecule is COc1ccc(Nc2ccccn2)c(F)c1. The number of methoxy groups -OCH3 is 1. The van der Waals surface area contributed by atoms with Gasteiger partial charge in [0.25, 0.3) is 0 Å². The van der Waals surface area contributed by atoms with Crippen LogP contribution in [0.5, 0.6) is 5.75 Å². The summed E-state index contributed by atoms with van der Waals surface area (Å²) in [6.45, 7) is 0. The van der Waals surface area contributed by atoms with Crippen LogP contribution in [0.15, 0.2) is 42.6 Å². The van der Waals surface area contributed by atoms with E-state index >= 15 is 0 Å². The summed E-state index contributed by atoms with van der Waals surface area (Å²) in [5.74, 6) is 0.723. The van der Waals surface area contributed by atoms with Crippen LogP contribution in [-0.4, -0.2) is 12.1 Å². The number of hydrogen-bond acceptors (Lipinski definition) is 3. The topological polar surface area (TPSA) is 34.1 Å². The molecule has 2 rings (SSSR count). The van der Waals surface area contributed by atoms with E-state index in [1.54, 1.807) is 30.5 Å². The van der Waals surface area contributed by atoms with Crippen molar-refractivity contribution >= 4 is 11.5 Å². The van der Waals surface area contributed by atoms with Crippen molar-refractivity contribution in [2.45, 2.75) is 0 Å². The number of halogens is 1. The molecule has 0 unspecified atom stereocenters. The van der Waals surface area contributed by atoms with E-state index in [-0.39, 0.29) is 5.82 Å². The summed E-state index contributed by atoms with van der Waals surface area (Å²) >= 11 is 0. The minimum Gasteiger partial charge on any atom is -0.497 e. The van der Waals surface area contributed by atoms with Crippen LogP contribution < -0.4 is 10.1 Å². The lowest BCUT2D eigenvalue weighted by Crippen LogP contribution is -1.96. The normalized spacial score (nSPS) is 9.88. The van der Waals surface area contributed by atoms with E-state index in [1.165, 1.54) is 13.2 Å². The molecule has 0 atom stereocenters. The first-order valence-corrected chi connectivity index (χ1v) is 4.81. The Balaban J connectivity index is 2.22. The van der Waals surface area contributed by atoms with Crippen molar-refractivity contribution < 1.29 is 9.13 Å². The molecule has 0 saturated heterocycles. The smallest absolute Gasteiger partial charge is 0.150 e. The molecule has 0 spiro atoms. The molecule has 16 heavy (non-hydrogen) atoms. The van der Waals surface area contributed by atoms with Crippen molar-refractivity contribution in [3.63, 3.8) is 0 Å². The monoisotopic (exact) mass is 218 g/mol. The Bertz CT molecular complexity index is 474. The van der Waals surface area contributed by atoms with Gasteiger partial charge < -0.3 is 10.1 Å². The van der Waals surface area contributed by atoms with Crippen LogP contribution in [0.1, 0.15) is 0 Å². The Labute approximate surface area is 92.9 Å². The van der Waals surface area contributed by atoms with Gasteiger partial charge in [-0.2, -0.15) is 0 Å². The average molecular weight is 218 g/mol. The Kier molecular flexibility index (Phi) is 3.00. The number of hydrogen-bond donors (Lipinski definition) is 1. The number of nitrogens with one attached hydrogen (secondary N) is 1. The molecule has 0 radical (unpaired) electrons. The third kappa shape index (κ3) is 2.28. The zero-order valence-corrected chi connectivity index (χ0v) is 8.77. The number of nitrogens with zero attached hydrogens (tertiary/aromatic N) is 1. The number of aromatic nitrogens is 1. The van der Waals surface area contributed by atoms with Crippen LogP contribution in [0, 0.1) is 5.82 Å². The second-order valence-corrected chi connectivity index (χ2v) is 3.19. The number of pyridine rings is 1. The van der Waals surface area contributed by atoms with Crippen LogP contribution in [0.2, 0.25) is 0 Å². The van der Waals surface area contributed by atoms with Crippen LogP contribution in [-0.2, 0) is 0 Å². The number of benzene rings is 1. The lowest BCUT2D eigenvalue weighted by molar-refractivity contribution is 0.411. The molecule has 0 amide bonds. The van der Waals surface area contributed by atoms with Crippen molar-refractivity contribution in [1.82, 2.24) is 4.98 Å². The van der Waals surface area contributed by atoms with E-state index in [4.69, 9.17) is 4.74 Å². The Morgan fingerprint density at radius 1 is 1.25 bits per heavy atom. The predicted molar refractivity (Wildman–Crippen MR) is 60.5 cm³/mol. The van der Waals surface area contributed by atoms with E-state index in [0.29, 0.717) is 17.3 Å². The number of anilines is 2. The highest BCUT2D eigenvalue weighted by atomic mass is 19.1. The minimum atomic E-state index is -0.370. The predicted octanol–water partition coefficient (Wildman–Crippen LogP) is 2.97. The maximum Gasteiger partial charge on any atom is 0.150 e. The highest BCUT2D eigenvalue weighted by Gasteiger charge is 2.04. The van der Waals surface area contributed by atoms with Gasteiger partial charge in [0.2, 0.25) is 0 Å². The van der Waals surface area contributed by atoms with Gasteiger partial charge in [-0.1, -0.05) is 6.07 Å². The molecule has 0 aliphatic carbocycles. The third-order valence-electron chi connectivity index (χ3n) is 2.10. The summed E-state index contributed by atoms with van der Waals surface area (Å²) in [5, 5.41) is 2.88. The third-order valence-corrected chi connectivity index (χ3v) is 2.10. The highest BCUT2D eigenvalue weighted by Crippen LogP contribution is 2.22. The summed E-state index contributed by atoms with van der Waals surface area (Å²) in [7, 11) is 1.50. The maximum atomic E-state index is 13.6. The summed E-state index contributed by atoms with van der Waals surface area (Å²) in [6, 6.07) is 10.0. The summed E-state index contributed by atoms with van der Waals surface area (Å²) in [5.41, 5.74) is 0.375. The maximum absolute atomic E-state index is 13.6. The Morgan fingerprint density at radius 2 is 2.12 bits per heavy atom. The van der Waals surface area contributed by atoms with Gasteiger partial charge in [-0.3, -0.25) is 0 Å². The van der Waals surface area contributed by atoms with Gasteiger partial charge in [-0.05, 0) is 24.3 Å². The van der Waals surface area contributed by atoms with E-state index in [9.17, 15) is 4.39 Å². The molecule has 0 aliphatic heterocycles. The Morgan fingerprint density at radius 3 is 2.75 bits per heavy atom. The summed E-state index contributed by atoms with van der Waals surface area (Å²) < 4.78 is 18.5. The molecule has 0 aliphatic rings. The lowest BCUT2D eigenvalue weighted by Gasteiger charge is -2.07. The van der Waals surface area contributed by atoms with Gasteiger partial charge >= 0.3 is 0 Å². The fourth-order valence-electron chi connectivity index (χ4n) is 1.30. The molecule has 1 aromatic carbocycles. The minimum absolute atomic E-state index is 0.370. The Hall–Kier alpha value is -2.10. The molecule has 1 heterocycles. The summed E-state index contributed by atoms with van der Waals surface area (Å²) in [4.78, 5) is 4.05. The fraction of sp³-hybridized carbons (Fsp3) is 0.0833. The van der Waals surface area contributed by atoms with Crippen molar-refractivity contribution in [3.05, 3.63) is 48.4 Å². The van der Waals surface area contributed by atoms with E-state index in [0.717, 1.165) is 0 Å². The molecular weight excluding hydrogens is 207 g/mol. The first kappa shape index (κ1) is 10.4. The molecule has 0 saturated carbocycles. The second-order valence-electron chi connectivity index (χ2n) is 3.19. The van der Waals surface area contributed by atoms with Gasteiger partial charge in [0.1, 0.15) is 17.4 Å². The molecule has 1 N–H and O–H groups in total. The highest BCUT2D eigenvalue weighted by molar-refractivity contribution is 5.57. The molecular formula is C12H11FN2O. The van der Waals surface area contributed by atoms with Crippen LogP contribution in [0.4, 0.5) is 15.9 Å². The molecule has 0 fully saturated rings. The van der Waals surface area contributed by atoms with E-state index < -0.39 is 0 Å². The molecule has 82 valence electrons. The van der Waals surface area contributed by atoms with Crippen molar-refractivity contribution in [2.75, 3.05) is 12.4 Å². The fourth-order valence-corrected chi connectivity index (χ4v) is 1.30. The van der Waals surface area contributed by atoms with Gasteiger partial charge in [0, 0.05) is 12.3 Å². The van der Waals surface area contributed by atoms with E-state index in [1.807, 2.05) is 6.07 Å². The second kappa shape index (κ2) is 4.61. The molecule has 3 nitrogen and oxygen atoms in total. The first-order valence-electron chi connectivity index (χ1n) is 4.81. The van der Waals surface area contributed by atoms with Crippen LogP contribution in [0.3, 0.4) is 0 Å². The number of rotatable bonds is 3. The van der Waals surface area contributed by atoms with Crippen molar-refractivity contribution in [3.8, 4) is 5.75 Å². The quantitative estimate of drug-likeness (QED) is 0.859. The zero-order chi connectivity index (χ0) is 11.4. The van der Waals surface area contributed by atoms with Crippen LogP contribution in [0.25, 0.3) is 0 Å². The molecule has 4 heteroatoms. The molecule has 2 aromatic rings. The van der Waals surface area contributed by atoms with E-state index in [2.05, 4.69) is 10.3 Å². The largest absolute Gasteiger partial charge is 0.497 e. The van der Waals surface area contributed by atoms with Crippen LogP contribution >= 0.6 is 0 Å². The van der Waals surface area contributed by atoms with Crippen molar-refractivity contribution in [1.29, 1.82) is 0 Å². The standard InChI is InChI=1S/C12H11FN2O/c1-16-9-5-6-11(10(13)8-9)15-12-4-2-3-7-14-12/h2-8H,1H3,(H,14,15). The van der Waals surface area contributed by atoms with Crippen molar-refractivity contribution in [2.24, 2.45) is 0 Å². The molecule has 0 bridgehead atoms. The lowest BCUT2D eigenvalue weighted by atomic mass is 10.3. The first-order chi connectivity index (χ1) is 7.79. The summed E-state index contributed by atoms with van der Waals surface area (Å²) in [6.07, 6.45) is 1.64. The molecule has 1 aromatic heterocycles. The van der Waals surface area contributed by atoms with Gasteiger partial charge in [0.15, 0.2) is 0 Å². The number of ether oxygens (including phenoxy) is 1. The van der Waals surface area contributed by atoms with Gasteiger partial charge in [-0.25, -0.2) is 9.37 Å². The zero-order valence-electron chi connectivity index (χ0n) is 8.77.